The number of carbonyl (C=O) groups excluding carboxylic acids is 2. The zero-order valence-corrected chi connectivity index (χ0v) is 15.6. The molecule has 2 N–H and O–H groups in total. The molecule has 0 unspecified atom stereocenters. The van der Waals surface area contributed by atoms with Crippen LogP contribution in [0.4, 0.5) is 0 Å². The summed E-state index contributed by atoms with van der Waals surface area (Å²) in [6, 6.07) is 12.0. The molecule has 2 amide bonds. The number of methoxy groups -OCH3 is 2. The number of hydrazine groups is 1. The first-order chi connectivity index (χ1) is 13.0. The lowest BCUT2D eigenvalue weighted by atomic mass is 10.2. The van der Waals surface area contributed by atoms with E-state index < -0.39 is 11.8 Å². The van der Waals surface area contributed by atoms with Gasteiger partial charge in [0.1, 0.15) is 5.75 Å². The van der Waals surface area contributed by atoms with Crippen molar-refractivity contribution in [2.24, 2.45) is 0 Å². The molecular formula is C19H19ClN2O5. The van der Waals surface area contributed by atoms with Gasteiger partial charge in [0, 0.05) is 6.08 Å². The molecule has 27 heavy (non-hydrogen) atoms. The fourth-order valence-corrected chi connectivity index (χ4v) is 2.23. The van der Waals surface area contributed by atoms with Gasteiger partial charge in [-0.2, -0.15) is 0 Å². The summed E-state index contributed by atoms with van der Waals surface area (Å²) in [5, 5.41) is 0.396. The third kappa shape index (κ3) is 6.23. The van der Waals surface area contributed by atoms with E-state index in [0.29, 0.717) is 22.3 Å². The Morgan fingerprint density at radius 3 is 2.44 bits per heavy atom. The number of hydrogen-bond donors (Lipinski definition) is 2. The van der Waals surface area contributed by atoms with Crippen LogP contribution in [-0.2, 0) is 9.59 Å². The van der Waals surface area contributed by atoms with Crippen molar-refractivity contribution < 1.29 is 23.8 Å². The molecule has 142 valence electrons. The van der Waals surface area contributed by atoms with Crippen LogP contribution in [0, 0.1) is 0 Å². The average molecular weight is 391 g/mol. The van der Waals surface area contributed by atoms with E-state index in [-0.39, 0.29) is 6.61 Å². The van der Waals surface area contributed by atoms with E-state index >= 15 is 0 Å². The Hall–Kier alpha value is -3.19. The Bertz CT molecular complexity index is 839. The lowest BCUT2D eigenvalue weighted by Crippen LogP contribution is -2.43. The molecule has 0 aromatic heterocycles. The summed E-state index contributed by atoms with van der Waals surface area (Å²) in [5.41, 5.74) is 5.24. The van der Waals surface area contributed by atoms with E-state index in [1.165, 1.54) is 13.2 Å². The molecule has 0 saturated carbocycles. The van der Waals surface area contributed by atoms with Crippen LogP contribution in [0.3, 0.4) is 0 Å². The molecule has 2 rings (SSSR count). The minimum atomic E-state index is -0.525. The number of halogens is 1. The van der Waals surface area contributed by atoms with Gasteiger partial charge in [-0.3, -0.25) is 20.4 Å². The standard InChI is InChI=1S/C19H19ClN2O5/c1-25-16-9-7-13(11-17(16)26-2)8-10-18(23)21-22-19(24)12-27-15-6-4-3-5-14(15)20/h3-11H,12H2,1-2H3,(H,21,23)(H,22,24)/b10-8+. The first kappa shape index (κ1) is 20.1. The predicted molar refractivity (Wildman–Crippen MR) is 102 cm³/mol. The smallest absolute Gasteiger partial charge is 0.276 e. The van der Waals surface area contributed by atoms with E-state index in [4.69, 9.17) is 25.8 Å². The van der Waals surface area contributed by atoms with Gasteiger partial charge in [-0.25, -0.2) is 0 Å². The zero-order chi connectivity index (χ0) is 19.6. The molecule has 0 radical (unpaired) electrons. The van der Waals surface area contributed by atoms with Crippen LogP contribution in [0.25, 0.3) is 6.08 Å². The van der Waals surface area contributed by atoms with Crippen LogP contribution < -0.4 is 25.1 Å². The third-order valence-electron chi connectivity index (χ3n) is 3.36. The summed E-state index contributed by atoms with van der Waals surface area (Å²) in [6.45, 7) is -0.288. The molecule has 0 saturated heterocycles. The monoisotopic (exact) mass is 390 g/mol. The first-order valence-corrected chi connectivity index (χ1v) is 8.27. The third-order valence-corrected chi connectivity index (χ3v) is 3.67. The van der Waals surface area contributed by atoms with Gasteiger partial charge in [-0.1, -0.05) is 29.8 Å². The van der Waals surface area contributed by atoms with Crippen LogP contribution in [0.5, 0.6) is 17.2 Å². The Kier molecular flexibility index (Phi) is 7.51. The summed E-state index contributed by atoms with van der Waals surface area (Å²) in [5.74, 6) is 0.489. The highest BCUT2D eigenvalue weighted by Crippen LogP contribution is 2.27. The van der Waals surface area contributed by atoms with Crippen LogP contribution in [-0.4, -0.2) is 32.6 Å². The molecule has 0 fully saturated rings. The van der Waals surface area contributed by atoms with Crippen LogP contribution >= 0.6 is 11.6 Å². The maximum absolute atomic E-state index is 11.8. The van der Waals surface area contributed by atoms with Gasteiger partial charge in [-0.15, -0.1) is 0 Å². The molecule has 0 heterocycles. The van der Waals surface area contributed by atoms with Crippen molar-refractivity contribution in [3.8, 4) is 17.2 Å². The molecule has 0 aliphatic rings. The Balaban J connectivity index is 1.81. The Labute approximate surface area is 161 Å². The van der Waals surface area contributed by atoms with E-state index in [9.17, 15) is 9.59 Å². The largest absolute Gasteiger partial charge is 0.493 e. The highest BCUT2D eigenvalue weighted by Gasteiger charge is 2.06. The number of benzene rings is 2. The lowest BCUT2D eigenvalue weighted by Gasteiger charge is -2.09. The molecule has 0 spiro atoms. The fourth-order valence-electron chi connectivity index (χ4n) is 2.04. The van der Waals surface area contributed by atoms with Crippen molar-refractivity contribution in [1.29, 1.82) is 0 Å². The number of rotatable bonds is 7. The second-order valence-electron chi connectivity index (χ2n) is 5.20. The molecule has 0 bridgehead atoms. The number of ether oxygens (including phenoxy) is 3. The van der Waals surface area contributed by atoms with Crippen molar-refractivity contribution in [2.75, 3.05) is 20.8 Å². The maximum Gasteiger partial charge on any atom is 0.276 e. The zero-order valence-electron chi connectivity index (χ0n) is 14.8. The van der Waals surface area contributed by atoms with E-state index in [1.54, 1.807) is 55.7 Å². The minimum absolute atomic E-state index is 0.288. The van der Waals surface area contributed by atoms with Gasteiger partial charge < -0.3 is 14.2 Å². The first-order valence-electron chi connectivity index (χ1n) is 7.89. The number of nitrogens with one attached hydrogen (secondary N) is 2. The lowest BCUT2D eigenvalue weighted by molar-refractivity contribution is -0.128. The number of carbonyl (C=O) groups is 2. The SMILES string of the molecule is COc1ccc(/C=C/C(=O)NNC(=O)COc2ccccc2Cl)cc1OC. The van der Waals surface area contributed by atoms with Gasteiger partial charge in [0.05, 0.1) is 19.2 Å². The summed E-state index contributed by atoms with van der Waals surface area (Å²) in [4.78, 5) is 23.5. The summed E-state index contributed by atoms with van der Waals surface area (Å²) >= 11 is 5.92. The average Bonchev–Trinajstić information content (AvgIpc) is 2.69. The quantitative estimate of drug-likeness (QED) is 0.560. The molecular weight excluding hydrogens is 372 g/mol. The summed E-state index contributed by atoms with van der Waals surface area (Å²) < 4.78 is 15.6. The minimum Gasteiger partial charge on any atom is -0.493 e. The van der Waals surface area contributed by atoms with Gasteiger partial charge in [0.25, 0.3) is 11.8 Å². The molecule has 0 aliphatic carbocycles. The maximum atomic E-state index is 11.8. The van der Waals surface area contributed by atoms with Crippen LogP contribution in [0.15, 0.2) is 48.5 Å². The molecule has 2 aromatic carbocycles. The van der Waals surface area contributed by atoms with E-state index in [0.717, 1.165) is 5.56 Å². The van der Waals surface area contributed by atoms with Crippen LogP contribution in [0.2, 0.25) is 5.02 Å². The van der Waals surface area contributed by atoms with Crippen molar-refractivity contribution in [1.82, 2.24) is 10.9 Å². The Morgan fingerprint density at radius 1 is 1.00 bits per heavy atom. The fraction of sp³-hybridized carbons (Fsp3) is 0.158. The topological polar surface area (TPSA) is 85.9 Å². The predicted octanol–water partition coefficient (Wildman–Crippen LogP) is 2.60. The normalized spacial score (nSPS) is 10.3. The van der Waals surface area contributed by atoms with Crippen molar-refractivity contribution in [3.63, 3.8) is 0 Å². The van der Waals surface area contributed by atoms with Gasteiger partial charge in [0.15, 0.2) is 18.1 Å². The Morgan fingerprint density at radius 2 is 1.74 bits per heavy atom. The molecule has 8 heteroatoms. The van der Waals surface area contributed by atoms with Crippen molar-refractivity contribution in [2.45, 2.75) is 0 Å². The summed E-state index contributed by atoms with van der Waals surface area (Å²) in [6.07, 6.45) is 2.85. The second kappa shape index (κ2) is 10.1. The van der Waals surface area contributed by atoms with Gasteiger partial charge in [0.2, 0.25) is 0 Å². The highest BCUT2D eigenvalue weighted by molar-refractivity contribution is 6.32. The molecule has 7 nitrogen and oxygen atoms in total. The van der Waals surface area contributed by atoms with E-state index in [2.05, 4.69) is 10.9 Å². The van der Waals surface area contributed by atoms with Gasteiger partial charge in [-0.05, 0) is 35.9 Å². The second-order valence-corrected chi connectivity index (χ2v) is 5.61. The summed E-state index contributed by atoms with van der Waals surface area (Å²) in [7, 11) is 3.07. The molecule has 2 aromatic rings. The molecule has 0 aliphatic heterocycles. The van der Waals surface area contributed by atoms with Crippen LogP contribution in [0.1, 0.15) is 5.56 Å². The highest BCUT2D eigenvalue weighted by atomic mass is 35.5. The number of hydrogen-bond acceptors (Lipinski definition) is 5. The number of amides is 2. The number of para-hydroxylation sites is 1. The molecule has 0 atom stereocenters. The van der Waals surface area contributed by atoms with Crippen molar-refractivity contribution >= 4 is 29.5 Å². The van der Waals surface area contributed by atoms with Gasteiger partial charge >= 0.3 is 0 Å². The van der Waals surface area contributed by atoms with E-state index in [1.807, 2.05) is 0 Å². The van der Waals surface area contributed by atoms with Crippen molar-refractivity contribution in [3.05, 3.63) is 59.1 Å².